The largest absolute Gasteiger partial charge is 0.355 e. The molecule has 0 aliphatic heterocycles. The first-order chi connectivity index (χ1) is 11.1. The van der Waals surface area contributed by atoms with Crippen molar-refractivity contribution in [2.45, 2.75) is 13.0 Å². The van der Waals surface area contributed by atoms with Crippen molar-refractivity contribution in [1.29, 1.82) is 0 Å². The van der Waals surface area contributed by atoms with Gasteiger partial charge in [0.05, 0.1) is 22.5 Å². The molecule has 0 radical (unpaired) electrons. The lowest BCUT2D eigenvalue weighted by Crippen LogP contribution is -2.22. The molecule has 6 heteroatoms. The number of aromatic nitrogens is 3. The minimum absolute atomic E-state index is 0.237. The number of hydrogen-bond acceptors (Lipinski definition) is 5. The molecule has 3 rings (SSSR count). The van der Waals surface area contributed by atoms with Crippen molar-refractivity contribution >= 4 is 16.9 Å². The second-order valence-corrected chi connectivity index (χ2v) is 5.20. The van der Waals surface area contributed by atoms with Crippen LogP contribution in [0.5, 0.6) is 0 Å². The standard InChI is InChI=1S/C17H17N5O/c1-10(18)15-13(11-6-3-4-8-20-11)14(17(23)19-2)16-12(22-15)7-5-9-21-16/h3-10H,18H2,1-2H3,(H,19,23)/t10-/m1/s1. The van der Waals surface area contributed by atoms with Crippen LogP contribution in [-0.4, -0.2) is 27.9 Å². The molecule has 0 saturated carbocycles. The molecular weight excluding hydrogens is 290 g/mol. The van der Waals surface area contributed by atoms with E-state index < -0.39 is 0 Å². The van der Waals surface area contributed by atoms with Gasteiger partial charge in [-0.2, -0.15) is 0 Å². The first-order valence-corrected chi connectivity index (χ1v) is 7.31. The number of nitrogens with zero attached hydrogens (tertiary/aromatic N) is 3. The summed E-state index contributed by atoms with van der Waals surface area (Å²) in [5.41, 5.74) is 9.64. The van der Waals surface area contributed by atoms with Crippen molar-refractivity contribution < 1.29 is 4.79 Å². The molecule has 0 aliphatic rings. The highest BCUT2D eigenvalue weighted by Gasteiger charge is 2.24. The molecule has 3 N–H and O–H groups in total. The summed E-state index contributed by atoms with van der Waals surface area (Å²) >= 11 is 0. The smallest absolute Gasteiger partial charge is 0.254 e. The molecule has 0 bridgehead atoms. The molecule has 1 amide bonds. The van der Waals surface area contributed by atoms with Crippen LogP contribution >= 0.6 is 0 Å². The summed E-state index contributed by atoms with van der Waals surface area (Å²) in [5, 5.41) is 2.67. The summed E-state index contributed by atoms with van der Waals surface area (Å²) in [6.45, 7) is 1.84. The molecule has 0 aliphatic carbocycles. The number of nitrogens with one attached hydrogen (secondary N) is 1. The lowest BCUT2D eigenvalue weighted by atomic mass is 9.96. The normalized spacial score (nSPS) is 12.1. The molecule has 3 aromatic rings. The van der Waals surface area contributed by atoms with Crippen LogP contribution in [0.3, 0.4) is 0 Å². The van der Waals surface area contributed by atoms with Gasteiger partial charge in [-0.15, -0.1) is 0 Å². The van der Waals surface area contributed by atoms with Crippen LogP contribution in [0.25, 0.3) is 22.3 Å². The van der Waals surface area contributed by atoms with Crippen molar-refractivity contribution in [3.8, 4) is 11.3 Å². The fourth-order valence-electron chi connectivity index (χ4n) is 2.56. The highest BCUT2D eigenvalue weighted by molar-refractivity contribution is 6.10. The number of hydrogen-bond donors (Lipinski definition) is 2. The maximum absolute atomic E-state index is 12.5. The van der Waals surface area contributed by atoms with E-state index in [4.69, 9.17) is 5.73 Å². The Morgan fingerprint density at radius 1 is 1.17 bits per heavy atom. The molecule has 0 spiro atoms. The molecule has 0 aromatic carbocycles. The van der Waals surface area contributed by atoms with Gasteiger partial charge in [0.2, 0.25) is 0 Å². The number of amides is 1. The van der Waals surface area contributed by atoms with Gasteiger partial charge >= 0.3 is 0 Å². The van der Waals surface area contributed by atoms with Crippen LogP contribution in [0.15, 0.2) is 42.7 Å². The summed E-state index contributed by atoms with van der Waals surface area (Å²) in [7, 11) is 1.59. The molecule has 3 heterocycles. The SMILES string of the molecule is CNC(=O)c1c(-c2ccccn2)c([C@@H](C)N)nc2cccnc12. The fraction of sp³-hybridized carbons (Fsp3) is 0.176. The lowest BCUT2D eigenvalue weighted by Gasteiger charge is -2.17. The Morgan fingerprint density at radius 2 is 1.96 bits per heavy atom. The number of rotatable bonds is 3. The Labute approximate surface area is 133 Å². The van der Waals surface area contributed by atoms with Crippen LogP contribution in [0.1, 0.15) is 29.0 Å². The van der Waals surface area contributed by atoms with E-state index in [-0.39, 0.29) is 11.9 Å². The Hall–Kier alpha value is -2.86. The summed E-state index contributed by atoms with van der Waals surface area (Å²) in [6.07, 6.45) is 3.32. The summed E-state index contributed by atoms with van der Waals surface area (Å²) < 4.78 is 0. The Morgan fingerprint density at radius 3 is 2.61 bits per heavy atom. The van der Waals surface area contributed by atoms with Gasteiger partial charge in [0, 0.05) is 31.0 Å². The first-order valence-electron chi connectivity index (χ1n) is 7.31. The summed E-state index contributed by atoms with van der Waals surface area (Å²) in [5.74, 6) is -0.237. The van der Waals surface area contributed by atoms with Gasteiger partial charge in [-0.05, 0) is 31.2 Å². The second kappa shape index (κ2) is 6.10. The highest BCUT2D eigenvalue weighted by atomic mass is 16.1. The monoisotopic (exact) mass is 307 g/mol. The third-order valence-electron chi connectivity index (χ3n) is 3.58. The summed E-state index contributed by atoms with van der Waals surface area (Å²) in [4.78, 5) is 25.9. The predicted molar refractivity (Wildman–Crippen MR) is 88.8 cm³/mol. The van der Waals surface area contributed by atoms with Gasteiger partial charge in [-0.25, -0.2) is 4.98 Å². The van der Waals surface area contributed by atoms with E-state index in [1.54, 1.807) is 25.5 Å². The Balaban J connectivity index is 2.47. The van der Waals surface area contributed by atoms with E-state index in [0.29, 0.717) is 33.5 Å². The molecule has 1 atom stereocenters. The molecular formula is C17H17N5O. The van der Waals surface area contributed by atoms with Crippen molar-refractivity contribution in [3.05, 3.63) is 54.0 Å². The Bertz CT molecular complexity index is 861. The van der Waals surface area contributed by atoms with Crippen molar-refractivity contribution in [2.24, 2.45) is 5.73 Å². The second-order valence-electron chi connectivity index (χ2n) is 5.20. The molecule has 116 valence electrons. The van der Waals surface area contributed by atoms with Crippen LogP contribution in [0.2, 0.25) is 0 Å². The lowest BCUT2D eigenvalue weighted by molar-refractivity contribution is 0.0965. The first kappa shape index (κ1) is 15.1. The van der Waals surface area contributed by atoms with Crippen molar-refractivity contribution in [2.75, 3.05) is 7.05 Å². The third kappa shape index (κ3) is 2.64. The molecule has 0 unspecified atom stereocenters. The molecule has 3 aromatic heterocycles. The molecule has 0 fully saturated rings. The number of carbonyl (C=O) groups excluding carboxylic acids is 1. The minimum Gasteiger partial charge on any atom is -0.355 e. The molecule has 6 nitrogen and oxygen atoms in total. The maximum Gasteiger partial charge on any atom is 0.254 e. The van der Waals surface area contributed by atoms with Gasteiger partial charge in [0.25, 0.3) is 5.91 Å². The minimum atomic E-state index is -0.347. The molecule has 0 saturated heterocycles. The van der Waals surface area contributed by atoms with E-state index in [0.717, 1.165) is 0 Å². The van der Waals surface area contributed by atoms with Crippen LogP contribution in [-0.2, 0) is 0 Å². The number of carbonyl (C=O) groups is 1. The van der Waals surface area contributed by atoms with Gasteiger partial charge in [0.1, 0.15) is 5.52 Å². The number of fused-ring (bicyclic) bond motifs is 1. The average Bonchev–Trinajstić information content (AvgIpc) is 2.60. The molecule has 23 heavy (non-hydrogen) atoms. The van der Waals surface area contributed by atoms with E-state index in [9.17, 15) is 4.79 Å². The zero-order valence-corrected chi connectivity index (χ0v) is 12.9. The van der Waals surface area contributed by atoms with Crippen LogP contribution in [0.4, 0.5) is 0 Å². The van der Waals surface area contributed by atoms with Crippen LogP contribution in [0, 0.1) is 0 Å². The number of nitrogens with two attached hydrogens (primary N) is 1. The topological polar surface area (TPSA) is 93.8 Å². The average molecular weight is 307 g/mol. The van der Waals surface area contributed by atoms with E-state index >= 15 is 0 Å². The van der Waals surface area contributed by atoms with E-state index in [1.807, 2.05) is 31.2 Å². The Kier molecular flexibility index (Phi) is 3.99. The number of pyridine rings is 3. The third-order valence-corrected chi connectivity index (χ3v) is 3.58. The van der Waals surface area contributed by atoms with Gasteiger partial charge in [-0.1, -0.05) is 6.07 Å². The zero-order valence-electron chi connectivity index (χ0n) is 12.9. The van der Waals surface area contributed by atoms with Crippen LogP contribution < -0.4 is 11.1 Å². The maximum atomic E-state index is 12.5. The quantitative estimate of drug-likeness (QED) is 0.772. The van der Waals surface area contributed by atoms with E-state index in [1.165, 1.54) is 0 Å². The highest BCUT2D eigenvalue weighted by Crippen LogP contribution is 2.32. The van der Waals surface area contributed by atoms with E-state index in [2.05, 4.69) is 20.3 Å². The summed E-state index contributed by atoms with van der Waals surface area (Å²) in [6, 6.07) is 8.78. The predicted octanol–water partition coefficient (Wildman–Crippen LogP) is 2.07. The van der Waals surface area contributed by atoms with Gasteiger partial charge < -0.3 is 11.1 Å². The van der Waals surface area contributed by atoms with Crippen molar-refractivity contribution in [3.63, 3.8) is 0 Å². The van der Waals surface area contributed by atoms with Crippen molar-refractivity contribution in [1.82, 2.24) is 20.3 Å². The zero-order chi connectivity index (χ0) is 16.4. The van der Waals surface area contributed by atoms with Gasteiger partial charge in [0.15, 0.2) is 0 Å². The van der Waals surface area contributed by atoms with Gasteiger partial charge in [-0.3, -0.25) is 14.8 Å². The fourth-order valence-corrected chi connectivity index (χ4v) is 2.56.